The third kappa shape index (κ3) is 2.55. The van der Waals surface area contributed by atoms with Crippen LogP contribution in [-0.4, -0.2) is 39.9 Å². The number of carbonyl (C=O) groups excluding carboxylic acids is 1. The highest BCUT2D eigenvalue weighted by atomic mass is 32.1. The maximum absolute atomic E-state index is 12.0. The molecule has 3 N–H and O–H groups in total. The van der Waals surface area contributed by atoms with E-state index in [4.69, 9.17) is 10.9 Å². The summed E-state index contributed by atoms with van der Waals surface area (Å²) in [5.41, 5.74) is 7.20. The molecular weight excluding hydrogens is 240 g/mol. The number of hydrogen-bond donors (Lipinski definition) is 2. The van der Waals surface area contributed by atoms with Crippen LogP contribution in [-0.2, 0) is 0 Å². The molecule has 0 saturated carbocycles. The molecule has 0 spiro atoms. The molecular formula is C10H14N4O2S. The van der Waals surface area contributed by atoms with Crippen molar-refractivity contribution in [3.05, 3.63) is 16.6 Å². The van der Waals surface area contributed by atoms with Crippen LogP contribution in [0.3, 0.4) is 0 Å². The first-order chi connectivity index (χ1) is 8.22. The van der Waals surface area contributed by atoms with Gasteiger partial charge in [0.2, 0.25) is 0 Å². The van der Waals surface area contributed by atoms with Crippen LogP contribution in [0.5, 0.6) is 0 Å². The number of amidine groups is 1. The summed E-state index contributed by atoms with van der Waals surface area (Å²) in [5, 5.41) is 11.6. The maximum Gasteiger partial charge on any atom is 0.265 e. The zero-order valence-electron chi connectivity index (χ0n) is 9.24. The van der Waals surface area contributed by atoms with E-state index in [1.165, 1.54) is 11.3 Å². The normalized spacial score (nSPS) is 18.4. The van der Waals surface area contributed by atoms with Gasteiger partial charge in [0.15, 0.2) is 0 Å². The SMILES string of the molecule is NC(=NO)C1CCN(C(=O)c2cncs2)CC1. The van der Waals surface area contributed by atoms with Crippen molar-refractivity contribution in [2.75, 3.05) is 13.1 Å². The van der Waals surface area contributed by atoms with Crippen molar-refractivity contribution in [2.24, 2.45) is 16.8 Å². The number of oxime groups is 1. The standard InChI is InChI=1S/C10H14N4O2S/c11-9(13-16)7-1-3-14(4-2-7)10(15)8-5-12-6-17-8/h5-7,16H,1-4H2,(H2,11,13). The van der Waals surface area contributed by atoms with Gasteiger partial charge >= 0.3 is 0 Å². The van der Waals surface area contributed by atoms with Crippen molar-refractivity contribution in [1.82, 2.24) is 9.88 Å². The highest BCUT2D eigenvalue weighted by molar-refractivity contribution is 7.11. The van der Waals surface area contributed by atoms with Gasteiger partial charge in [-0.1, -0.05) is 5.16 Å². The van der Waals surface area contributed by atoms with E-state index in [1.807, 2.05) is 0 Å². The maximum atomic E-state index is 12.0. The van der Waals surface area contributed by atoms with Crippen LogP contribution in [0, 0.1) is 5.92 Å². The number of carbonyl (C=O) groups is 1. The Morgan fingerprint density at radius 2 is 2.29 bits per heavy atom. The zero-order valence-corrected chi connectivity index (χ0v) is 10.1. The van der Waals surface area contributed by atoms with E-state index in [0.29, 0.717) is 18.0 Å². The van der Waals surface area contributed by atoms with Crippen LogP contribution in [0.2, 0.25) is 0 Å². The monoisotopic (exact) mass is 254 g/mol. The van der Waals surface area contributed by atoms with E-state index in [-0.39, 0.29) is 17.7 Å². The number of nitrogens with zero attached hydrogens (tertiary/aromatic N) is 3. The molecule has 17 heavy (non-hydrogen) atoms. The van der Waals surface area contributed by atoms with Crippen LogP contribution in [0.4, 0.5) is 0 Å². The second-order valence-corrected chi connectivity index (χ2v) is 4.84. The second kappa shape index (κ2) is 5.13. The van der Waals surface area contributed by atoms with E-state index in [1.54, 1.807) is 16.6 Å². The quantitative estimate of drug-likeness (QED) is 0.352. The zero-order chi connectivity index (χ0) is 12.3. The summed E-state index contributed by atoms with van der Waals surface area (Å²) in [6, 6.07) is 0. The van der Waals surface area contributed by atoms with Crippen molar-refractivity contribution in [2.45, 2.75) is 12.8 Å². The number of nitrogens with two attached hydrogens (primary N) is 1. The van der Waals surface area contributed by atoms with Gasteiger partial charge in [-0.2, -0.15) is 0 Å². The van der Waals surface area contributed by atoms with Gasteiger partial charge in [-0.3, -0.25) is 9.78 Å². The Morgan fingerprint density at radius 3 is 2.82 bits per heavy atom. The highest BCUT2D eigenvalue weighted by Gasteiger charge is 2.26. The third-order valence-electron chi connectivity index (χ3n) is 2.96. The Bertz CT molecular complexity index is 410. The van der Waals surface area contributed by atoms with Crippen molar-refractivity contribution in [1.29, 1.82) is 0 Å². The second-order valence-electron chi connectivity index (χ2n) is 3.96. The molecule has 1 fully saturated rings. The lowest BCUT2D eigenvalue weighted by molar-refractivity contribution is 0.0713. The van der Waals surface area contributed by atoms with Crippen molar-refractivity contribution in [3.63, 3.8) is 0 Å². The number of hydrogen-bond acceptors (Lipinski definition) is 5. The van der Waals surface area contributed by atoms with Crippen LogP contribution >= 0.6 is 11.3 Å². The summed E-state index contributed by atoms with van der Waals surface area (Å²) in [5.74, 6) is 0.353. The van der Waals surface area contributed by atoms with Gasteiger partial charge in [0.05, 0.1) is 11.7 Å². The molecule has 0 bridgehead atoms. The summed E-state index contributed by atoms with van der Waals surface area (Å²) >= 11 is 1.35. The van der Waals surface area contributed by atoms with Gasteiger partial charge in [0.25, 0.3) is 5.91 Å². The number of amides is 1. The smallest absolute Gasteiger partial charge is 0.265 e. The van der Waals surface area contributed by atoms with E-state index < -0.39 is 0 Å². The lowest BCUT2D eigenvalue weighted by atomic mass is 9.96. The number of thiazole rings is 1. The Hall–Kier alpha value is -1.63. The van der Waals surface area contributed by atoms with E-state index >= 15 is 0 Å². The van der Waals surface area contributed by atoms with Gasteiger partial charge < -0.3 is 15.8 Å². The van der Waals surface area contributed by atoms with Gasteiger partial charge in [-0.05, 0) is 12.8 Å². The molecule has 0 unspecified atom stereocenters. The fraction of sp³-hybridized carbons (Fsp3) is 0.500. The van der Waals surface area contributed by atoms with Gasteiger partial charge in [-0.25, -0.2) is 0 Å². The van der Waals surface area contributed by atoms with Crippen molar-refractivity contribution in [3.8, 4) is 0 Å². The lowest BCUT2D eigenvalue weighted by Gasteiger charge is -2.30. The van der Waals surface area contributed by atoms with Crippen LogP contribution in [0.15, 0.2) is 16.9 Å². The summed E-state index contributed by atoms with van der Waals surface area (Å²) in [7, 11) is 0. The number of likely N-dealkylation sites (tertiary alicyclic amines) is 1. The molecule has 1 aromatic heterocycles. The van der Waals surface area contributed by atoms with Crippen LogP contribution in [0.25, 0.3) is 0 Å². The fourth-order valence-electron chi connectivity index (χ4n) is 1.94. The first kappa shape index (κ1) is 11.8. The van der Waals surface area contributed by atoms with Crippen LogP contribution < -0.4 is 5.73 Å². The van der Waals surface area contributed by atoms with E-state index in [9.17, 15) is 4.79 Å². The predicted octanol–water partition coefficient (Wildman–Crippen LogP) is 0.742. The molecule has 2 rings (SSSR count). The molecule has 1 saturated heterocycles. The first-order valence-electron chi connectivity index (χ1n) is 5.37. The van der Waals surface area contributed by atoms with Gasteiger partial charge in [0.1, 0.15) is 10.7 Å². The highest BCUT2D eigenvalue weighted by Crippen LogP contribution is 2.20. The molecule has 92 valence electrons. The number of piperidine rings is 1. The lowest BCUT2D eigenvalue weighted by Crippen LogP contribution is -2.41. The molecule has 1 aliphatic rings. The molecule has 6 nitrogen and oxygen atoms in total. The molecule has 0 atom stereocenters. The Kier molecular flexibility index (Phi) is 3.58. The first-order valence-corrected chi connectivity index (χ1v) is 6.25. The Labute approximate surface area is 103 Å². The molecule has 2 heterocycles. The summed E-state index contributed by atoms with van der Waals surface area (Å²) in [6.45, 7) is 1.27. The minimum atomic E-state index is 0.0189. The average Bonchev–Trinajstić information content (AvgIpc) is 2.91. The Morgan fingerprint density at radius 1 is 1.59 bits per heavy atom. The van der Waals surface area contributed by atoms with Crippen LogP contribution in [0.1, 0.15) is 22.5 Å². The molecule has 7 heteroatoms. The molecule has 0 aliphatic carbocycles. The topological polar surface area (TPSA) is 91.8 Å². The molecule has 0 radical (unpaired) electrons. The summed E-state index contributed by atoms with van der Waals surface area (Å²) in [4.78, 5) is 18.3. The minimum absolute atomic E-state index is 0.0189. The predicted molar refractivity (Wildman–Crippen MR) is 64.2 cm³/mol. The summed E-state index contributed by atoms with van der Waals surface area (Å²) < 4.78 is 0. The molecule has 1 aromatic rings. The minimum Gasteiger partial charge on any atom is -0.409 e. The average molecular weight is 254 g/mol. The molecule has 1 amide bonds. The number of rotatable bonds is 2. The largest absolute Gasteiger partial charge is 0.409 e. The van der Waals surface area contributed by atoms with Crippen molar-refractivity contribution >= 4 is 23.1 Å². The van der Waals surface area contributed by atoms with E-state index in [0.717, 1.165) is 12.8 Å². The number of aromatic nitrogens is 1. The molecule has 0 aromatic carbocycles. The van der Waals surface area contributed by atoms with Crippen molar-refractivity contribution < 1.29 is 10.0 Å². The van der Waals surface area contributed by atoms with Gasteiger partial charge in [0, 0.05) is 19.0 Å². The summed E-state index contributed by atoms with van der Waals surface area (Å²) in [6.07, 6.45) is 3.06. The fourth-order valence-corrected chi connectivity index (χ4v) is 2.52. The Balaban J connectivity index is 1.93. The van der Waals surface area contributed by atoms with E-state index in [2.05, 4.69) is 10.1 Å². The molecule has 1 aliphatic heterocycles. The van der Waals surface area contributed by atoms with Gasteiger partial charge in [-0.15, -0.1) is 11.3 Å². The third-order valence-corrected chi connectivity index (χ3v) is 3.72.